The van der Waals surface area contributed by atoms with Gasteiger partial charge >= 0.3 is 0 Å². The van der Waals surface area contributed by atoms with E-state index in [1.165, 1.54) is 15.6 Å². The van der Waals surface area contributed by atoms with Gasteiger partial charge in [0, 0.05) is 13.1 Å². The third-order valence-electron chi connectivity index (χ3n) is 3.54. The molecule has 6 nitrogen and oxygen atoms in total. The second kappa shape index (κ2) is 5.04. The molecule has 0 aliphatic carbocycles. The molecule has 0 bridgehead atoms. The highest BCUT2D eigenvalue weighted by atomic mass is 32.2. The van der Waals surface area contributed by atoms with Crippen LogP contribution in [-0.4, -0.2) is 43.0 Å². The number of hydrogen-bond acceptors (Lipinski definition) is 5. The van der Waals surface area contributed by atoms with E-state index in [0.29, 0.717) is 5.13 Å². The zero-order valence-electron chi connectivity index (χ0n) is 11.7. The van der Waals surface area contributed by atoms with Gasteiger partial charge in [-0.3, -0.25) is 4.79 Å². The van der Waals surface area contributed by atoms with E-state index < -0.39 is 10.0 Å². The molecule has 3 rings (SSSR count). The van der Waals surface area contributed by atoms with Crippen LogP contribution in [0.5, 0.6) is 0 Å². The third-order valence-corrected chi connectivity index (χ3v) is 5.71. The second-order valence-electron chi connectivity index (χ2n) is 5.21. The third kappa shape index (κ3) is 2.78. The van der Waals surface area contributed by atoms with Gasteiger partial charge in [-0.15, -0.1) is 0 Å². The maximum Gasteiger partial charge on any atom is 0.231 e. The van der Waals surface area contributed by atoms with Crippen LogP contribution in [0.25, 0.3) is 10.2 Å². The van der Waals surface area contributed by atoms with Gasteiger partial charge in [-0.25, -0.2) is 17.7 Å². The van der Waals surface area contributed by atoms with Crippen molar-refractivity contribution in [1.82, 2.24) is 9.29 Å². The topological polar surface area (TPSA) is 79.4 Å². The van der Waals surface area contributed by atoms with E-state index in [2.05, 4.69) is 10.3 Å². The van der Waals surface area contributed by atoms with E-state index in [-0.39, 0.29) is 24.9 Å². The van der Waals surface area contributed by atoms with Crippen LogP contribution < -0.4 is 5.32 Å². The quantitative estimate of drug-likeness (QED) is 0.926. The Labute approximate surface area is 126 Å². The number of sulfonamides is 1. The summed E-state index contributed by atoms with van der Waals surface area (Å²) in [5, 5.41) is 3.34. The highest BCUT2D eigenvalue weighted by Gasteiger charge is 2.37. The number of hydrogen-bond donors (Lipinski definition) is 1. The second-order valence-corrected chi connectivity index (χ2v) is 8.22. The smallest absolute Gasteiger partial charge is 0.231 e. The SMILES string of the molecule is Cc1cccc2sc(NC(=O)C3CN(S(C)(=O)=O)C3)nc12. The Morgan fingerprint density at radius 2 is 2.14 bits per heavy atom. The summed E-state index contributed by atoms with van der Waals surface area (Å²) >= 11 is 1.42. The molecule has 1 aromatic heterocycles. The molecule has 1 N–H and O–H groups in total. The van der Waals surface area contributed by atoms with Gasteiger partial charge < -0.3 is 5.32 Å². The molecule has 2 heterocycles. The van der Waals surface area contributed by atoms with Crippen molar-refractivity contribution in [3.05, 3.63) is 23.8 Å². The molecule has 1 aromatic carbocycles. The summed E-state index contributed by atoms with van der Waals surface area (Å²) in [6, 6.07) is 5.89. The van der Waals surface area contributed by atoms with Crippen molar-refractivity contribution in [3.8, 4) is 0 Å². The molecule has 1 aliphatic heterocycles. The lowest BCUT2D eigenvalue weighted by Crippen LogP contribution is -2.53. The number of fused-ring (bicyclic) bond motifs is 1. The number of benzene rings is 1. The number of anilines is 1. The molecule has 112 valence electrons. The zero-order valence-corrected chi connectivity index (χ0v) is 13.3. The Kier molecular flexibility index (Phi) is 3.46. The average Bonchev–Trinajstić information content (AvgIpc) is 2.68. The van der Waals surface area contributed by atoms with Crippen LogP contribution >= 0.6 is 11.3 Å². The summed E-state index contributed by atoms with van der Waals surface area (Å²) in [7, 11) is -3.19. The van der Waals surface area contributed by atoms with Crippen LogP contribution in [0.2, 0.25) is 0 Å². The number of rotatable bonds is 3. The molecule has 1 aliphatic rings. The summed E-state index contributed by atoms with van der Waals surface area (Å²) in [6.07, 6.45) is 1.15. The van der Waals surface area contributed by atoms with Gasteiger partial charge in [0.05, 0.1) is 22.4 Å². The summed E-state index contributed by atoms with van der Waals surface area (Å²) in [5.74, 6) is -0.473. The highest BCUT2D eigenvalue weighted by Crippen LogP contribution is 2.29. The lowest BCUT2D eigenvalue weighted by atomic mass is 10.0. The molecule has 0 unspecified atom stereocenters. The molecule has 0 spiro atoms. The van der Waals surface area contributed by atoms with Crippen LogP contribution in [-0.2, 0) is 14.8 Å². The summed E-state index contributed by atoms with van der Waals surface area (Å²) in [5.41, 5.74) is 1.96. The Balaban J connectivity index is 1.69. The number of para-hydroxylation sites is 1. The van der Waals surface area contributed by atoms with E-state index in [9.17, 15) is 13.2 Å². The Morgan fingerprint density at radius 3 is 2.76 bits per heavy atom. The predicted molar refractivity (Wildman–Crippen MR) is 82.9 cm³/mol. The normalized spacial score (nSPS) is 16.9. The van der Waals surface area contributed by atoms with Gasteiger partial charge in [0.1, 0.15) is 0 Å². The van der Waals surface area contributed by atoms with Crippen LogP contribution in [0.4, 0.5) is 5.13 Å². The van der Waals surface area contributed by atoms with Crippen LogP contribution in [0.1, 0.15) is 5.56 Å². The van der Waals surface area contributed by atoms with Crippen molar-refractivity contribution >= 4 is 42.6 Å². The molecule has 0 atom stereocenters. The minimum absolute atomic E-state index is 0.174. The molecule has 21 heavy (non-hydrogen) atoms. The molecule has 1 amide bonds. The minimum atomic E-state index is -3.19. The van der Waals surface area contributed by atoms with Crippen molar-refractivity contribution in [2.45, 2.75) is 6.92 Å². The summed E-state index contributed by atoms with van der Waals surface area (Å²) < 4.78 is 24.9. The molecular formula is C13H15N3O3S2. The standard InChI is InChI=1S/C13H15N3O3S2/c1-8-4-3-5-10-11(8)14-13(20-10)15-12(17)9-6-16(7-9)21(2,18)19/h3-5,9H,6-7H2,1-2H3,(H,14,15,17). The number of carbonyl (C=O) groups is 1. The molecular weight excluding hydrogens is 310 g/mol. The number of amides is 1. The number of carbonyl (C=O) groups excluding carboxylic acids is 1. The summed E-state index contributed by atoms with van der Waals surface area (Å²) in [6.45, 7) is 2.47. The lowest BCUT2D eigenvalue weighted by molar-refractivity contribution is -0.122. The van der Waals surface area contributed by atoms with Gasteiger partial charge in [0.2, 0.25) is 15.9 Å². The first-order chi connectivity index (χ1) is 9.84. The molecule has 8 heteroatoms. The first kappa shape index (κ1) is 14.4. The van der Waals surface area contributed by atoms with E-state index >= 15 is 0 Å². The van der Waals surface area contributed by atoms with Gasteiger partial charge in [0.15, 0.2) is 5.13 Å². The predicted octanol–water partition coefficient (Wildman–Crippen LogP) is 1.43. The first-order valence-corrected chi connectivity index (χ1v) is 9.13. The van der Waals surface area contributed by atoms with Crippen molar-refractivity contribution < 1.29 is 13.2 Å². The average molecular weight is 325 g/mol. The number of thiazole rings is 1. The maximum atomic E-state index is 12.1. The monoisotopic (exact) mass is 325 g/mol. The fourth-order valence-electron chi connectivity index (χ4n) is 2.22. The highest BCUT2D eigenvalue weighted by molar-refractivity contribution is 7.88. The Bertz CT molecular complexity index is 807. The fraction of sp³-hybridized carbons (Fsp3) is 0.385. The fourth-order valence-corrected chi connectivity index (χ4v) is 4.07. The van der Waals surface area contributed by atoms with Gasteiger partial charge in [-0.05, 0) is 18.6 Å². The number of nitrogens with zero attached hydrogens (tertiary/aromatic N) is 2. The molecule has 1 fully saturated rings. The molecule has 0 radical (unpaired) electrons. The Hall–Kier alpha value is -1.51. The number of aryl methyl sites for hydroxylation is 1. The van der Waals surface area contributed by atoms with Crippen molar-refractivity contribution in [1.29, 1.82) is 0 Å². The summed E-state index contributed by atoms with van der Waals surface area (Å²) in [4.78, 5) is 16.5. The van der Waals surface area contributed by atoms with Crippen molar-refractivity contribution in [2.75, 3.05) is 24.7 Å². The van der Waals surface area contributed by atoms with Crippen molar-refractivity contribution in [2.24, 2.45) is 5.92 Å². The van der Waals surface area contributed by atoms with Gasteiger partial charge in [0.25, 0.3) is 0 Å². The zero-order chi connectivity index (χ0) is 15.2. The van der Waals surface area contributed by atoms with Crippen LogP contribution in [0, 0.1) is 12.8 Å². The van der Waals surface area contributed by atoms with E-state index in [0.717, 1.165) is 22.0 Å². The van der Waals surface area contributed by atoms with E-state index in [4.69, 9.17) is 0 Å². The maximum absolute atomic E-state index is 12.1. The van der Waals surface area contributed by atoms with E-state index in [1.807, 2.05) is 25.1 Å². The van der Waals surface area contributed by atoms with Crippen LogP contribution in [0.3, 0.4) is 0 Å². The first-order valence-electron chi connectivity index (χ1n) is 6.47. The molecule has 2 aromatic rings. The lowest BCUT2D eigenvalue weighted by Gasteiger charge is -2.35. The minimum Gasteiger partial charge on any atom is -0.302 e. The Morgan fingerprint density at radius 1 is 1.43 bits per heavy atom. The van der Waals surface area contributed by atoms with Crippen LogP contribution in [0.15, 0.2) is 18.2 Å². The molecule has 1 saturated heterocycles. The largest absolute Gasteiger partial charge is 0.302 e. The number of aromatic nitrogens is 1. The van der Waals surface area contributed by atoms with Crippen molar-refractivity contribution in [3.63, 3.8) is 0 Å². The number of nitrogens with one attached hydrogen (secondary N) is 1. The molecule has 0 saturated carbocycles. The van der Waals surface area contributed by atoms with E-state index in [1.54, 1.807) is 0 Å². The van der Waals surface area contributed by atoms with Gasteiger partial charge in [-0.1, -0.05) is 23.5 Å². The van der Waals surface area contributed by atoms with Gasteiger partial charge in [-0.2, -0.15) is 0 Å².